The summed E-state index contributed by atoms with van der Waals surface area (Å²) in [4.78, 5) is 0. The monoisotopic (exact) mass is 200 g/mol. The van der Waals surface area contributed by atoms with Crippen molar-refractivity contribution in [2.75, 3.05) is 0 Å². The molecule has 0 spiro atoms. The first-order chi connectivity index (χ1) is 7.29. The first-order valence-electron chi connectivity index (χ1n) is 6.02. The summed E-state index contributed by atoms with van der Waals surface area (Å²) in [6.07, 6.45) is 5.50. The molecule has 80 valence electrons. The van der Waals surface area contributed by atoms with Gasteiger partial charge in [-0.1, -0.05) is 62.2 Å². The second kappa shape index (κ2) is 4.65. The van der Waals surface area contributed by atoms with E-state index < -0.39 is 0 Å². The Morgan fingerprint density at radius 3 is 2.40 bits per heavy atom. The van der Waals surface area contributed by atoms with Crippen LogP contribution in [0.25, 0.3) is 0 Å². The van der Waals surface area contributed by atoms with Crippen LogP contribution in [0.3, 0.4) is 0 Å². The summed E-state index contributed by atoms with van der Waals surface area (Å²) in [6, 6.07) is 10.7. The summed E-state index contributed by atoms with van der Waals surface area (Å²) in [5.41, 5.74) is 2.85. The van der Waals surface area contributed by atoms with Crippen LogP contribution < -0.4 is 0 Å². The second-order valence-electron chi connectivity index (χ2n) is 4.69. The van der Waals surface area contributed by atoms with Crippen LogP contribution in [0.4, 0.5) is 0 Å². The summed E-state index contributed by atoms with van der Waals surface area (Å²) >= 11 is 0. The van der Waals surface area contributed by atoms with Gasteiger partial charge in [0.25, 0.3) is 0 Å². The van der Waals surface area contributed by atoms with E-state index in [0.29, 0.717) is 5.92 Å². The van der Waals surface area contributed by atoms with E-state index in [1.165, 1.54) is 36.8 Å². The fourth-order valence-corrected chi connectivity index (χ4v) is 2.61. The molecule has 0 heterocycles. The fourth-order valence-electron chi connectivity index (χ4n) is 2.61. The number of allylic oxidation sites excluding steroid dienone is 1. The highest BCUT2D eigenvalue weighted by Gasteiger charge is 2.22. The molecule has 0 amide bonds. The Morgan fingerprint density at radius 2 is 1.80 bits per heavy atom. The van der Waals surface area contributed by atoms with Crippen LogP contribution in [-0.2, 0) is 0 Å². The van der Waals surface area contributed by atoms with Gasteiger partial charge in [-0.2, -0.15) is 0 Å². The lowest BCUT2D eigenvalue weighted by atomic mass is 9.85. The molecule has 2 rings (SSSR count). The molecule has 1 atom stereocenters. The van der Waals surface area contributed by atoms with Crippen molar-refractivity contribution in [3.8, 4) is 0 Å². The van der Waals surface area contributed by atoms with Crippen molar-refractivity contribution in [3.63, 3.8) is 0 Å². The summed E-state index contributed by atoms with van der Waals surface area (Å²) < 4.78 is 0. The van der Waals surface area contributed by atoms with Crippen LogP contribution in [0, 0.1) is 5.92 Å². The average Bonchev–Trinajstić information content (AvgIpc) is 2.82. The van der Waals surface area contributed by atoms with E-state index >= 15 is 0 Å². The van der Waals surface area contributed by atoms with Crippen molar-refractivity contribution in [3.05, 3.63) is 48.0 Å². The molecule has 1 aliphatic rings. The third-order valence-corrected chi connectivity index (χ3v) is 3.74. The molecule has 15 heavy (non-hydrogen) atoms. The van der Waals surface area contributed by atoms with Gasteiger partial charge in [-0.15, -0.1) is 0 Å². The molecule has 1 aliphatic carbocycles. The number of rotatable bonds is 3. The van der Waals surface area contributed by atoms with E-state index in [2.05, 4.69) is 43.8 Å². The standard InChI is InChI=1S/C15H20/c1-12(14-8-4-3-5-9-14)13(2)15-10-6-7-11-15/h3-5,8-9,12,15H,2,6-7,10-11H2,1H3. The molecule has 0 nitrogen and oxygen atoms in total. The minimum absolute atomic E-state index is 0.522. The molecule has 0 N–H and O–H groups in total. The molecule has 0 bridgehead atoms. The predicted octanol–water partition coefficient (Wildman–Crippen LogP) is 4.54. The largest absolute Gasteiger partial charge is 0.0990 e. The molecule has 0 radical (unpaired) electrons. The lowest BCUT2D eigenvalue weighted by Gasteiger charge is -2.20. The summed E-state index contributed by atoms with van der Waals surface area (Å²) in [6.45, 7) is 6.60. The Kier molecular flexibility index (Phi) is 3.25. The molecule has 1 fully saturated rings. The zero-order valence-electron chi connectivity index (χ0n) is 9.58. The highest BCUT2D eigenvalue weighted by molar-refractivity contribution is 5.28. The van der Waals surface area contributed by atoms with Gasteiger partial charge in [-0.25, -0.2) is 0 Å². The fraction of sp³-hybridized carbons (Fsp3) is 0.467. The minimum atomic E-state index is 0.522. The van der Waals surface area contributed by atoms with Gasteiger partial charge in [0.15, 0.2) is 0 Å². The van der Waals surface area contributed by atoms with E-state index in [9.17, 15) is 0 Å². The Morgan fingerprint density at radius 1 is 1.20 bits per heavy atom. The van der Waals surface area contributed by atoms with Crippen molar-refractivity contribution in [2.45, 2.75) is 38.5 Å². The van der Waals surface area contributed by atoms with Gasteiger partial charge in [0, 0.05) is 5.92 Å². The maximum atomic E-state index is 4.31. The van der Waals surface area contributed by atoms with Gasteiger partial charge in [-0.3, -0.25) is 0 Å². The average molecular weight is 200 g/mol. The maximum Gasteiger partial charge on any atom is 0.00198 e. The molecule has 0 aromatic heterocycles. The summed E-state index contributed by atoms with van der Waals surface area (Å²) in [5, 5.41) is 0. The number of hydrogen-bond acceptors (Lipinski definition) is 0. The number of benzene rings is 1. The summed E-state index contributed by atoms with van der Waals surface area (Å²) in [7, 11) is 0. The van der Waals surface area contributed by atoms with Crippen LogP contribution in [0.2, 0.25) is 0 Å². The molecule has 0 saturated heterocycles. The predicted molar refractivity (Wildman–Crippen MR) is 66.0 cm³/mol. The second-order valence-corrected chi connectivity index (χ2v) is 4.69. The molecule has 0 aliphatic heterocycles. The van der Waals surface area contributed by atoms with Crippen LogP contribution in [0.15, 0.2) is 42.5 Å². The molecule has 1 aromatic rings. The van der Waals surface area contributed by atoms with Crippen molar-refractivity contribution in [1.29, 1.82) is 0 Å². The molecular formula is C15H20. The third-order valence-electron chi connectivity index (χ3n) is 3.74. The van der Waals surface area contributed by atoms with Gasteiger partial charge >= 0.3 is 0 Å². The van der Waals surface area contributed by atoms with Crippen molar-refractivity contribution in [2.24, 2.45) is 5.92 Å². The Bertz CT molecular complexity index is 317. The van der Waals surface area contributed by atoms with Gasteiger partial charge < -0.3 is 0 Å². The van der Waals surface area contributed by atoms with E-state index in [1.54, 1.807) is 0 Å². The first kappa shape index (κ1) is 10.5. The van der Waals surface area contributed by atoms with Crippen LogP contribution >= 0.6 is 0 Å². The highest BCUT2D eigenvalue weighted by atomic mass is 14.3. The smallest absolute Gasteiger partial charge is 0.00198 e. The van der Waals surface area contributed by atoms with Crippen LogP contribution in [0.5, 0.6) is 0 Å². The van der Waals surface area contributed by atoms with Crippen LogP contribution in [0.1, 0.15) is 44.1 Å². The van der Waals surface area contributed by atoms with E-state index in [0.717, 1.165) is 5.92 Å². The SMILES string of the molecule is C=C(C1CCCC1)C(C)c1ccccc1. The van der Waals surface area contributed by atoms with Crippen molar-refractivity contribution >= 4 is 0 Å². The van der Waals surface area contributed by atoms with Gasteiger partial charge in [0.1, 0.15) is 0 Å². The Hall–Kier alpha value is -1.04. The quantitative estimate of drug-likeness (QED) is 0.628. The summed E-state index contributed by atoms with van der Waals surface area (Å²) in [5.74, 6) is 1.30. The normalized spacial score (nSPS) is 19.0. The Balaban J connectivity index is 2.07. The lowest BCUT2D eigenvalue weighted by Crippen LogP contribution is -2.05. The lowest BCUT2D eigenvalue weighted by molar-refractivity contribution is 0.596. The zero-order valence-corrected chi connectivity index (χ0v) is 9.58. The Labute approximate surface area is 93.0 Å². The van der Waals surface area contributed by atoms with Gasteiger partial charge in [0.2, 0.25) is 0 Å². The molecule has 1 unspecified atom stereocenters. The van der Waals surface area contributed by atoms with Gasteiger partial charge in [-0.05, 0) is 24.3 Å². The number of hydrogen-bond donors (Lipinski definition) is 0. The van der Waals surface area contributed by atoms with Crippen molar-refractivity contribution < 1.29 is 0 Å². The molecule has 0 heteroatoms. The first-order valence-corrected chi connectivity index (χ1v) is 6.02. The van der Waals surface area contributed by atoms with E-state index in [1.807, 2.05) is 0 Å². The maximum absolute atomic E-state index is 4.31. The highest BCUT2D eigenvalue weighted by Crippen LogP contribution is 2.37. The molecule has 1 aromatic carbocycles. The van der Waals surface area contributed by atoms with E-state index in [4.69, 9.17) is 0 Å². The van der Waals surface area contributed by atoms with Gasteiger partial charge in [0.05, 0.1) is 0 Å². The topological polar surface area (TPSA) is 0 Å². The van der Waals surface area contributed by atoms with E-state index in [-0.39, 0.29) is 0 Å². The molecule has 1 saturated carbocycles. The minimum Gasteiger partial charge on any atom is -0.0990 e. The van der Waals surface area contributed by atoms with Crippen molar-refractivity contribution in [1.82, 2.24) is 0 Å². The van der Waals surface area contributed by atoms with Crippen LogP contribution in [-0.4, -0.2) is 0 Å². The zero-order chi connectivity index (χ0) is 10.7. The molecular weight excluding hydrogens is 180 g/mol. The third kappa shape index (κ3) is 2.31.